The first-order valence-electron chi connectivity index (χ1n) is 16.7. The van der Waals surface area contributed by atoms with E-state index in [1.165, 1.54) is 72.0 Å². The molecule has 7 aromatic carbocycles. The summed E-state index contributed by atoms with van der Waals surface area (Å²) >= 11 is 0. The number of fused-ring (bicyclic) bond motifs is 12. The second-order valence-corrected chi connectivity index (χ2v) is 13.0. The molecule has 49 heavy (non-hydrogen) atoms. The maximum absolute atomic E-state index is 9.37. The van der Waals surface area contributed by atoms with E-state index >= 15 is 0 Å². The van der Waals surface area contributed by atoms with Crippen molar-refractivity contribution >= 4 is 10.8 Å². The van der Waals surface area contributed by atoms with Gasteiger partial charge in [0.2, 0.25) is 0 Å². The van der Waals surface area contributed by atoms with Crippen LogP contribution in [0.4, 0.5) is 0 Å². The Bertz CT molecular complexity index is 2620. The molecule has 0 amide bonds. The lowest BCUT2D eigenvalue weighted by Crippen LogP contribution is -2.26. The van der Waals surface area contributed by atoms with Gasteiger partial charge in [0.1, 0.15) is 11.8 Å². The van der Waals surface area contributed by atoms with Gasteiger partial charge in [-0.05, 0) is 113 Å². The van der Waals surface area contributed by atoms with Gasteiger partial charge in [-0.1, -0.05) is 140 Å². The molecule has 0 aliphatic heterocycles. The Morgan fingerprint density at radius 3 is 1.69 bits per heavy atom. The second kappa shape index (κ2) is 10.5. The summed E-state index contributed by atoms with van der Waals surface area (Å²) in [6.45, 7) is 0. The van der Waals surface area contributed by atoms with E-state index in [1.54, 1.807) is 6.20 Å². The lowest BCUT2D eigenvalue weighted by atomic mass is 9.69. The maximum atomic E-state index is 9.37. The Morgan fingerprint density at radius 2 is 1.00 bits per heavy atom. The summed E-state index contributed by atoms with van der Waals surface area (Å²) in [6, 6.07) is 61.9. The van der Waals surface area contributed by atoms with Gasteiger partial charge in [0.15, 0.2) is 0 Å². The lowest BCUT2D eigenvalue weighted by molar-refractivity contribution is 0.795. The van der Waals surface area contributed by atoms with Gasteiger partial charge in [0.05, 0.1) is 5.41 Å². The summed E-state index contributed by atoms with van der Waals surface area (Å²) < 4.78 is 0. The van der Waals surface area contributed by atoms with Crippen LogP contribution in [0.1, 0.15) is 27.9 Å². The number of rotatable bonds is 3. The second-order valence-electron chi connectivity index (χ2n) is 13.0. The zero-order valence-electron chi connectivity index (χ0n) is 26.6. The van der Waals surface area contributed by atoms with Crippen LogP contribution in [-0.4, -0.2) is 4.98 Å². The van der Waals surface area contributed by atoms with E-state index in [2.05, 4.69) is 163 Å². The quantitative estimate of drug-likeness (QED) is 0.197. The molecule has 0 unspecified atom stereocenters. The standard InChI is InChI=1S/C47H28N2/c48-29-35-26-34(24-25-49-35)31-20-18-30(19-21-31)33-22-23-40-44(27-33)47(42-16-8-6-13-37(42)38-14-7-9-17-43(38)47)45-28-41(32-10-2-1-3-11-32)36-12-4-5-15-39(36)46(40)45/h1-28H. The van der Waals surface area contributed by atoms with E-state index < -0.39 is 5.41 Å². The van der Waals surface area contributed by atoms with Gasteiger partial charge in [-0.15, -0.1) is 0 Å². The first kappa shape index (κ1) is 27.5. The van der Waals surface area contributed by atoms with Crippen molar-refractivity contribution < 1.29 is 0 Å². The smallest absolute Gasteiger partial charge is 0.141 e. The van der Waals surface area contributed by atoms with Crippen molar-refractivity contribution in [3.8, 4) is 61.7 Å². The molecule has 0 saturated heterocycles. The van der Waals surface area contributed by atoms with Crippen molar-refractivity contribution in [3.05, 3.63) is 198 Å². The number of nitriles is 1. The minimum Gasteiger partial charge on any atom is -0.246 e. The first-order chi connectivity index (χ1) is 24.3. The Morgan fingerprint density at radius 1 is 0.408 bits per heavy atom. The van der Waals surface area contributed by atoms with Crippen molar-refractivity contribution in [1.82, 2.24) is 4.98 Å². The molecule has 1 spiro atoms. The molecule has 10 rings (SSSR count). The zero-order chi connectivity index (χ0) is 32.5. The predicted octanol–water partition coefficient (Wildman–Crippen LogP) is 11.5. The van der Waals surface area contributed by atoms with Crippen LogP contribution in [0.25, 0.3) is 66.4 Å². The minimum atomic E-state index is -0.466. The maximum Gasteiger partial charge on any atom is 0.141 e. The molecule has 226 valence electrons. The summed E-state index contributed by atoms with van der Waals surface area (Å²) in [5, 5.41) is 11.9. The minimum absolute atomic E-state index is 0.421. The molecule has 2 aliphatic carbocycles. The zero-order valence-corrected chi connectivity index (χ0v) is 26.6. The van der Waals surface area contributed by atoms with Crippen molar-refractivity contribution in [3.63, 3.8) is 0 Å². The highest BCUT2D eigenvalue weighted by atomic mass is 14.7. The largest absolute Gasteiger partial charge is 0.246 e. The number of nitrogens with zero attached hydrogens (tertiary/aromatic N) is 2. The van der Waals surface area contributed by atoms with Gasteiger partial charge in [0, 0.05) is 6.20 Å². The molecule has 0 fully saturated rings. The molecule has 0 saturated carbocycles. The molecule has 1 heterocycles. The van der Waals surface area contributed by atoms with Gasteiger partial charge >= 0.3 is 0 Å². The molecule has 0 radical (unpaired) electrons. The molecular formula is C47H28N2. The van der Waals surface area contributed by atoms with Crippen molar-refractivity contribution in [1.29, 1.82) is 5.26 Å². The summed E-state index contributed by atoms with van der Waals surface area (Å²) in [5.41, 5.74) is 17.4. The topological polar surface area (TPSA) is 36.7 Å². The van der Waals surface area contributed by atoms with Crippen molar-refractivity contribution in [2.45, 2.75) is 5.41 Å². The monoisotopic (exact) mass is 620 g/mol. The van der Waals surface area contributed by atoms with Crippen LogP contribution in [-0.2, 0) is 5.41 Å². The molecule has 0 N–H and O–H groups in total. The van der Waals surface area contributed by atoms with E-state index in [-0.39, 0.29) is 0 Å². The fourth-order valence-electron chi connectivity index (χ4n) is 8.56. The summed E-state index contributed by atoms with van der Waals surface area (Å²) in [4.78, 5) is 4.15. The van der Waals surface area contributed by atoms with Crippen LogP contribution >= 0.6 is 0 Å². The summed E-state index contributed by atoms with van der Waals surface area (Å²) in [5.74, 6) is 0. The Labute approximate surface area is 285 Å². The first-order valence-corrected chi connectivity index (χ1v) is 16.7. The van der Waals surface area contributed by atoms with E-state index in [9.17, 15) is 5.26 Å². The van der Waals surface area contributed by atoms with Gasteiger partial charge in [-0.25, -0.2) is 4.98 Å². The van der Waals surface area contributed by atoms with E-state index in [0.717, 1.165) is 16.7 Å². The van der Waals surface area contributed by atoms with Gasteiger partial charge in [-0.3, -0.25) is 0 Å². The third kappa shape index (κ3) is 3.85. The van der Waals surface area contributed by atoms with Crippen LogP contribution in [0, 0.1) is 11.3 Å². The van der Waals surface area contributed by atoms with E-state index in [4.69, 9.17) is 0 Å². The highest BCUT2D eigenvalue weighted by Crippen LogP contribution is 2.64. The van der Waals surface area contributed by atoms with Gasteiger partial charge in [0.25, 0.3) is 0 Å². The number of benzene rings is 7. The summed E-state index contributed by atoms with van der Waals surface area (Å²) in [7, 11) is 0. The number of aromatic nitrogens is 1. The Kier molecular flexibility index (Phi) is 5.89. The summed E-state index contributed by atoms with van der Waals surface area (Å²) in [6.07, 6.45) is 1.70. The van der Waals surface area contributed by atoms with Gasteiger partial charge in [-0.2, -0.15) is 5.26 Å². The van der Waals surface area contributed by atoms with Crippen molar-refractivity contribution in [2.24, 2.45) is 0 Å². The van der Waals surface area contributed by atoms with Crippen LogP contribution < -0.4 is 0 Å². The molecule has 2 heteroatoms. The molecular weight excluding hydrogens is 593 g/mol. The Balaban J connectivity index is 1.26. The fraction of sp³-hybridized carbons (Fsp3) is 0.0213. The lowest BCUT2D eigenvalue weighted by Gasteiger charge is -2.31. The number of hydrogen-bond donors (Lipinski definition) is 0. The molecule has 0 atom stereocenters. The predicted molar refractivity (Wildman–Crippen MR) is 199 cm³/mol. The molecule has 0 bridgehead atoms. The SMILES string of the molecule is N#Cc1cc(-c2ccc(-c3ccc4c(c3)C3(c5ccccc5-c5ccccc53)c3cc(-c5ccccc5)c5ccccc5c3-4)cc2)ccn1. The van der Waals surface area contributed by atoms with Crippen LogP contribution in [0.3, 0.4) is 0 Å². The average Bonchev–Trinajstić information content (AvgIpc) is 3.65. The molecule has 2 nitrogen and oxygen atoms in total. The van der Waals surface area contributed by atoms with E-state index in [0.29, 0.717) is 5.69 Å². The normalized spacial score (nSPS) is 13.0. The third-order valence-corrected chi connectivity index (χ3v) is 10.6. The third-order valence-electron chi connectivity index (χ3n) is 10.6. The van der Waals surface area contributed by atoms with E-state index in [1.807, 2.05) is 12.1 Å². The van der Waals surface area contributed by atoms with Crippen molar-refractivity contribution in [2.75, 3.05) is 0 Å². The molecule has 1 aromatic heterocycles. The molecule has 8 aromatic rings. The average molecular weight is 621 g/mol. The highest BCUT2D eigenvalue weighted by Gasteiger charge is 2.52. The number of pyridine rings is 1. The molecule has 2 aliphatic rings. The van der Waals surface area contributed by atoms with Crippen LogP contribution in [0.2, 0.25) is 0 Å². The van der Waals surface area contributed by atoms with Crippen LogP contribution in [0.15, 0.2) is 170 Å². The number of hydrogen-bond acceptors (Lipinski definition) is 2. The Hall–Kier alpha value is -6.56. The van der Waals surface area contributed by atoms with Gasteiger partial charge < -0.3 is 0 Å². The fourth-order valence-corrected chi connectivity index (χ4v) is 8.56. The highest BCUT2D eigenvalue weighted by molar-refractivity contribution is 6.11. The van der Waals surface area contributed by atoms with Crippen LogP contribution in [0.5, 0.6) is 0 Å².